The lowest BCUT2D eigenvalue weighted by molar-refractivity contribution is 0.258. The van der Waals surface area contributed by atoms with Crippen LogP contribution in [-0.2, 0) is 12.2 Å². The molecule has 0 saturated heterocycles. The van der Waals surface area contributed by atoms with Crippen LogP contribution in [0.15, 0.2) is 51.4 Å². The van der Waals surface area contributed by atoms with Gasteiger partial charge in [-0.3, -0.25) is 10.2 Å². The first-order valence-electron chi connectivity index (χ1n) is 7.77. The second-order valence-corrected chi connectivity index (χ2v) is 7.48. The van der Waals surface area contributed by atoms with Crippen LogP contribution in [-0.4, -0.2) is 23.0 Å². The summed E-state index contributed by atoms with van der Waals surface area (Å²) < 4.78 is 6.58. The standard InChI is InChI=1S/C17H18N4O2S2/c1-3-13-9-18-14(23-13)11-24-15-10-19-16(25-15)20-17(22)21(2)12-7-5-4-6-8-12/h4-10H,3,11H2,1-2H3,(H,19,20,22). The number of hydrogen-bond donors (Lipinski definition) is 1. The molecule has 0 aliphatic carbocycles. The van der Waals surface area contributed by atoms with Gasteiger partial charge in [-0.1, -0.05) is 36.5 Å². The summed E-state index contributed by atoms with van der Waals surface area (Å²) in [6.07, 6.45) is 4.34. The number of aryl methyl sites for hydroxylation is 1. The SMILES string of the molecule is CCc1cnc(CSc2cnc(NC(=O)N(C)c3ccccc3)s2)o1. The summed E-state index contributed by atoms with van der Waals surface area (Å²) in [5.41, 5.74) is 0.821. The number of urea groups is 1. The summed E-state index contributed by atoms with van der Waals surface area (Å²) in [4.78, 5) is 22.3. The van der Waals surface area contributed by atoms with Gasteiger partial charge in [-0.15, -0.1) is 11.8 Å². The minimum absolute atomic E-state index is 0.225. The van der Waals surface area contributed by atoms with Gasteiger partial charge < -0.3 is 4.42 Å². The summed E-state index contributed by atoms with van der Waals surface area (Å²) >= 11 is 3.01. The van der Waals surface area contributed by atoms with E-state index in [2.05, 4.69) is 15.3 Å². The number of aromatic nitrogens is 2. The highest BCUT2D eigenvalue weighted by molar-refractivity contribution is 8.00. The van der Waals surface area contributed by atoms with Crippen molar-refractivity contribution in [2.75, 3.05) is 17.3 Å². The Morgan fingerprint density at radius 3 is 2.80 bits per heavy atom. The highest BCUT2D eigenvalue weighted by atomic mass is 32.2. The van der Waals surface area contributed by atoms with Gasteiger partial charge in [0.05, 0.1) is 22.4 Å². The molecule has 0 unspecified atom stereocenters. The number of rotatable bonds is 6. The van der Waals surface area contributed by atoms with Crippen molar-refractivity contribution < 1.29 is 9.21 Å². The quantitative estimate of drug-likeness (QED) is 0.636. The second-order valence-electron chi connectivity index (χ2n) is 5.17. The van der Waals surface area contributed by atoms with E-state index in [1.165, 1.54) is 11.3 Å². The third-order valence-electron chi connectivity index (χ3n) is 3.43. The average Bonchev–Trinajstić information content (AvgIpc) is 3.29. The van der Waals surface area contributed by atoms with Gasteiger partial charge in [0.2, 0.25) is 5.89 Å². The molecule has 8 heteroatoms. The van der Waals surface area contributed by atoms with Crippen LogP contribution in [0.4, 0.5) is 15.6 Å². The maximum atomic E-state index is 12.3. The summed E-state index contributed by atoms with van der Waals surface area (Å²) in [7, 11) is 1.72. The molecular weight excluding hydrogens is 356 g/mol. The lowest BCUT2D eigenvalue weighted by Crippen LogP contribution is -2.30. The van der Waals surface area contributed by atoms with Gasteiger partial charge >= 0.3 is 6.03 Å². The van der Waals surface area contributed by atoms with Gasteiger partial charge in [0.25, 0.3) is 0 Å². The largest absolute Gasteiger partial charge is 0.445 e. The predicted octanol–water partition coefficient (Wildman–Crippen LogP) is 4.65. The molecule has 2 amide bonds. The van der Waals surface area contributed by atoms with E-state index in [-0.39, 0.29) is 6.03 Å². The number of carbonyl (C=O) groups excluding carboxylic acids is 1. The highest BCUT2D eigenvalue weighted by Crippen LogP contribution is 2.30. The van der Waals surface area contributed by atoms with Crippen LogP contribution in [0.1, 0.15) is 18.6 Å². The molecule has 130 valence electrons. The Balaban J connectivity index is 1.55. The lowest BCUT2D eigenvalue weighted by Gasteiger charge is -2.16. The fourth-order valence-electron chi connectivity index (χ4n) is 2.04. The Bertz CT molecular complexity index is 832. The number of carbonyl (C=O) groups is 1. The Hall–Kier alpha value is -2.32. The number of anilines is 2. The molecule has 0 atom stereocenters. The van der Waals surface area contributed by atoms with Gasteiger partial charge in [0, 0.05) is 19.2 Å². The van der Waals surface area contributed by atoms with E-state index in [0.29, 0.717) is 16.8 Å². The normalized spacial score (nSPS) is 10.6. The first-order chi connectivity index (χ1) is 12.2. The summed E-state index contributed by atoms with van der Waals surface area (Å²) in [6.45, 7) is 2.03. The highest BCUT2D eigenvalue weighted by Gasteiger charge is 2.13. The van der Waals surface area contributed by atoms with Crippen molar-refractivity contribution in [3.63, 3.8) is 0 Å². The van der Waals surface area contributed by atoms with Crippen LogP contribution in [0.25, 0.3) is 0 Å². The lowest BCUT2D eigenvalue weighted by atomic mass is 10.3. The Morgan fingerprint density at radius 1 is 1.28 bits per heavy atom. The zero-order valence-electron chi connectivity index (χ0n) is 13.9. The van der Waals surface area contributed by atoms with Crippen LogP contribution >= 0.6 is 23.1 Å². The molecule has 0 bridgehead atoms. The predicted molar refractivity (Wildman–Crippen MR) is 101 cm³/mol. The van der Waals surface area contributed by atoms with Crippen LogP contribution in [0.3, 0.4) is 0 Å². The monoisotopic (exact) mass is 374 g/mol. The maximum Gasteiger partial charge on any atom is 0.327 e. The van der Waals surface area contributed by atoms with Crippen molar-refractivity contribution in [3.8, 4) is 0 Å². The molecule has 0 radical (unpaired) electrons. The molecular formula is C17H18N4O2S2. The van der Waals surface area contributed by atoms with Crippen molar-refractivity contribution in [2.24, 2.45) is 0 Å². The fraction of sp³-hybridized carbons (Fsp3) is 0.235. The van der Waals surface area contributed by atoms with Crippen LogP contribution < -0.4 is 10.2 Å². The summed E-state index contributed by atoms with van der Waals surface area (Å²) in [5, 5.41) is 3.38. The van der Waals surface area contributed by atoms with E-state index in [1.807, 2.05) is 37.3 Å². The van der Waals surface area contributed by atoms with Crippen molar-refractivity contribution in [1.29, 1.82) is 0 Å². The first-order valence-corrected chi connectivity index (χ1v) is 9.58. The van der Waals surface area contributed by atoms with Crippen molar-refractivity contribution in [1.82, 2.24) is 9.97 Å². The molecule has 0 fully saturated rings. The number of thioether (sulfide) groups is 1. The molecule has 3 rings (SSSR count). The summed E-state index contributed by atoms with van der Waals surface area (Å²) in [5.74, 6) is 2.22. The fourth-order valence-corrected chi connectivity index (χ4v) is 3.75. The van der Waals surface area contributed by atoms with E-state index in [9.17, 15) is 4.79 Å². The number of hydrogen-bond acceptors (Lipinski definition) is 6. The molecule has 6 nitrogen and oxygen atoms in total. The minimum Gasteiger partial charge on any atom is -0.445 e. The van der Waals surface area contributed by atoms with E-state index >= 15 is 0 Å². The Morgan fingerprint density at radius 2 is 2.08 bits per heavy atom. The van der Waals surface area contributed by atoms with Gasteiger partial charge in [0.1, 0.15) is 5.76 Å². The number of nitrogens with one attached hydrogen (secondary N) is 1. The topological polar surface area (TPSA) is 71.3 Å². The zero-order valence-corrected chi connectivity index (χ0v) is 15.6. The van der Waals surface area contributed by atoms with Gasteiger partial charge in [0.15, 0.2) is 5.13 Å². The third kappa shape index (κ3) is 4.61. The molecule has 0 saturated carbocycles. The molecule has 0 aliphatic heterocycles. The van der Waals surface area contributed by atoms with Crippen LogP contribution in [0, 0.1) is 0 Å². The molecule has 0 spiro atoms. The number of oxazole rings is 1. The molecule has 2 heterocycles. The second kappa shape index (κ2) is 8.17. The first kappa shape index (κ1) is 17.5. The summed E-state index contributed by atoms with van der Waals surface area (Å²) in [6, 6.07) is 9.23. The number of nitrogens with zero attached hydrogens (tertiary/aromatic N) is 3. The van der Waals surface area contributed by atoms with E-state index in [4.69, 9.17) is 4.42 Å². The number of para-hydroxylation sites is 1. The van der Waals surface area contributed by atoms with E-state index in [0.717, 1.165) is 22.1 Å². The van der Waals surface area contributed by atoms with Crippen LogP contribution in [0.5, 0.6) is 0 Å². The molecule has 1 aromatic carbocycles. The van der Waals surface area contributed by atoms with Crippen molar-refractivity contribution in [2.45, 2.75) is 23.3 Å². The van der Waals surface area contributed by atoms with Gasteiger partial charge in [-0.25, -0.2) is 14.8 Å². The molecule has 0 aliphatic rings. The average molecular weight is 374 g/mol. The van der Waals surface area contributed by atoms with Crippen molar-refractivity contribution in [3.05, 3.63) is 54.4 Å². The van der Waals surface area contributed by atoms with E-state index in [1.54, 1.807) is 36.1 Å². The maximum absolute atomic E-state index is 12.3. The molecule has 25 heavy (non-hydrogen) atoms. The number of thiazole rings is 1. The van der Waals surface area contributed by atoms with Crippen molar-refractivity contribution >= 4 is 39.9 Å². The Labute approximate surface area is 154 Å². The van der Waals surface area contributed by atoms with Gasteiger partial charge in [-0.2, -0.15) is 0 Å². The minimum atomic E-state index is -0.225. The number of amides is 2. The smallest absolute Gasteiger partial charge is 0.327 e. The van der Waals surface area contributed by atoms with E-state index < -0.39 is 0 Å². The van der Waals surface area contributed by atoms with Gasteiger partial charge in [-0.05, 0) is 12.1 Å². The zero-order chi connectivity index (χ0) is 17.6. The molecule has 1 N–H and O–H groups in total. The molecule has 3 aromatic rings. The molecule has 2 aromatic heterocycles. The van der Waals surface area contributed by atoms with Crippen LogP contribution in [0.2, 0.25) is 0 Å². The Kier molecular flexibility index (Phi) is 5.72. The number of benzene rings is 1. The third-order valence-corrected chi connectivity index (χ3v) is 5.53.